The van der Waals surface area contributed by atoms with E-state index in [1.165, 1.54) is 94.5 Å². The van der Waals surface area contributed by atoms with Crippen molar-refractivity contribution in [2.75, 3.05) is 0 Å². The van der Waals surface area contributed by atoms with Gasteiger partial charge in [0.25, 0.3) is 0 Å². The number of thiophene rings is 1. The molecule has 5 rings (SSSR count). The minimum Gasteiger partial charge on any atom is -0.468 e. The Kier molecular flexibility index (Phi) is 6.74. The molecule has 2 aromatic heterocycles. The third-order valence-electron chi connectivity index (χ3n) is 7.21. The molecule has 0 radical (unpaired) electrons. The summed E-state index contributed by atoms with van der Waals surface area (Å²) < 4.78 is 6.07. The highest BCUT2D eigenvalue weighted by Crippen LogP contribution is 2.39. The van der Waals surface area contributed by atoms with Gasteiger partial charge in [-0.1, -0.05) is 89.3 Å². The summed E-state index contributed by atoms with van der Waals surface area (Å²) in [5.74, 6) is 1.93. The van der Waals surface area contributed by atoms with Crippen molar-refractivity contribution in [2.45, 2.75) is 78.6 Å². The predicted molar refractivity (Wildman–Crippen MR) is 147 cm³/mol. The molecule has 2 heteroatoms. The second-order valence-corrected chi connectivity index (χ2v) is 11.0. The van der Waals surface area contributed by atoms with Crippen molar-refractivity contribution in [3.8, 4) is 0 Å². The third-order valence-corrected chi connectivity index (χ3v) is 8.27. The molecular formula is C31H36OS. The Morgan fingerprint density at radius 3 is 2.03 bits per heavy atom. The lowest BCUT2D eigenvalue weighted by Gasteiger charge is -2.08. The minimum absolute atomic E-state index is 0.780. The first-order valence-electron chi connectivity index (χ1n) is 12.9. The molecule has 0 amide bonds. The standard InChI is InChI=1S/C31H36OS/c1-4-5-6-7-12-31-27-18-16-23-22-15-17-26-28(19-32-30(26)11-9-8-10-21(2)3)24(22)13-14-25(23)29(27)20-33-31/h13-21H,4-12H2,1-3H3. The van der Waals surface area contributed by atoms with E-state index in [1.54, 1.807) is 4.88 Å². The van der Waals surface area contributed by atoms with E-state index in [-0.39, 0.29) is 0 Å². The van der Waals surface area contributed by atoms with Gasteiger partial charge in [-0.3, -0.25) is 0 Å². The van der Waals surface area contributed by atoms with E-state index in [0.29, 0.717) is 0 Å². The van der Waals surface area contributed by atoms with Gasteiger partial charge in [0.2, 0.25) is 0 Å². The number of hydrogen-bond acceptors (Lipinski definition) is 2. The Morgan fingerprint density at radius 1 is 0.667 bits per heavy atom. The van der Waals surface area contributed by atoms with E-state index in [2.05, 4.69) is 62.5 Å². The van der Waals surface area contributed by atoms with Crippen LogP contribution in [0, 0.1) is 5.92 Å². The zero-order chi connectivity index (χ0) is 22.8. The number of rotatable bonds is 10. The SMILES string of the molecule is CCCCCCc1scc2c1ccc1c2ccc2c3coc(CCCCC(C)C)c3ccc21. The molecule has 0 aliphatic rings. The van der Waals surface area contributed by atoms with Crippen LogP contribution >= 0.6 is 11.3 Å². The van der Waals surface area contributed by atoms with Crippen molar-refractivity contribution in [2.24, 2.45) is 5.92 Å². The number of hydrogen-bond donors (Lipinski definition) is 0. The first-order chi connectivity index (χ1) is 16.2. The van der Waals surface area contributed by atoms with Crippen LogP contribution in [0.2, 0.25) is 0 Å². The lowest BCUT2D eigenvalue weighted by Crippen LogP contribution is -1.89. The maximum Gasteiger partial charge on any atom is 0.111 e. The van der Waals surface area contributed by atoms with Gasteiger partial charge in [-0.2, -0.15) is 0 Å². The second kappa shape index (κ2) is 9.89. The fourth-order valence-corrected chi connectivity index (χ4v) is 6.41. The summed E-state index contributed by atoms with van der Waals surface area (Å²) in [5.41, 5.74) is 0. The lowest BCUT2D eigenvalue weighted by molar-refractivity contribution is 0.484. The second-order valence-electron chi connectivity index (χ2n) is 10.1. The van der Waals surface area contributed by atoms with Gasteiger partial charge in [0.15, 0.2) is 0 Å². The van der Waals surface area contributed by atoms with Crippen LogP contribution < -0.4 is 0 Å². The molecule has 172 valence electrons. The van der Waals surface area contributed by atoms with Gasteiger partial charge in [0.1, 0.15) is 5.76 Å². The summed E-state index contributed by atoms with van der Waals surface area (Å²) in [7, 11) is 0. The average molecular weight is 457 g/mol. The smallest absolute Gasteiger partial charge is 0.111 e. The average Bonchev–Trinajstić information content (AvgIpc) is 3.43. The maximum atomic E-state index is 6.07. The Morgan fingerprint density at radius 2 is 1.30 bits per heavy atom. The quantitative estimate of drug-likeness (QED) is 0.150. The molecule has 0 bridgehead atoms. The zero-order valence-electron chi connectivity index (χ0n) is 20.4. The molecule has 3 aromatic carbocycles. The van der Waals surface area contributed by atoms with Crippen LogP contribution in [0.3, 0.4) is 0 Å². The highest BCUT2D eigenvalue weighted by Gasteiger charge is 2.13. The van der Waals surface area contributed by atoms with E-state index < -0.39 is 0 Å². The summed E-state index contributed by atoms with van der Waals surface area (Å²) in [4.78, 5) is 1.55. The van der Waals surface area contributed by atoms with Gasteiger partial charge in [0.05, 0.1) is 6.26 Å². The van der Waals surface area contributed by atoms with Crippen LogP contribution in [0.25, 0.3) is 43.1 Å². The fourth-order valence-electron chi connectivity index (χ4n) is 5.33. The van der Waals surface area contributed by atoms with Gasteiger partial charge in [0, 0.05) is 27.5 Å². The maximum absolute atomic E-state index is 6.07. The molecule has 0 fully saturated rings. The Labute approximate surface area is 201 Å². The molecule has 0 spiro atoms. The van der Waals surface area contributed by atoms with Gasteiger partial charge in [-0.25, -0.2) is 0 Å². The van der Waals surface area contributed by atoms with Crippen molar-refractivity contribution in [3.05, 3.63) is 58.7 Å². The van der Waals surface area contributed by atoms with E-state index in [0.717, 1.165) is 18.1 Å². The highest BCUT2D eigenvalue weighted by molar-refractivity contribution is 7.11. The molecule has 1 nitrogen and oxygen atoms in total. The van der Waals surface area contributed by atoms with Crippen LogP contribution in [0.1, 0.15) is 76.4 Å². The van der Waals surface area contributed by atoms with Crippen molar-refractivity contribution in [1.82, 2.24) is 0 Å². The molecule has 0 atom stereocenters. The third kappa shape index (κ3) is 4.43. The molecule has 0 aliphatic heterocycles. The van der Waals surface area contributed by atoms with Crippen molar-refractivity contribution < 1.29 is 4.42 Å². The van der Waals surface area contributed by atoms with E-state index in [9.17, 15) is 0 Å². The normalized spacial score (nSPS) is 12.2. The summed E-state index contributed by atoms with van der Waals surface area (Å²) in [5, 5.41) is 13.2. The summed E-state index contributed by atoms with van der Waals surface area (Å²) in [6, 6.07) is 14.0. The topological polar surface area (TPSA) is 13.1 Å². The summed E-state index contributed by atoms with van der Waals surface area (Å²) in [6.07, 6.45) is 13.3. The van der Waals surface area contributed by atoms with Crippen LogP contribution in [-0.4, -0.2) is 0 Å². The molecule has 2 heterocycles. The molecular weight excluding hydrogens is 420 g/mol. The van der Waals surface area contributed by atoms with Crippen molar-refractivity contribution >= 4 is 54.4 Å². The molecule has 0 unspecified atom stereocenters. The Hall–Kier alpha value is -2.32. The number of benzene rings is 3. The highest BCUT2D eigenvalue weighted by atomic mass is 32.1. The summed E-state index contributed by atoms with van der Waals surface area (Å²) in [6.45, 7) is 6.89. The van der Waals surface area contributed by atoms with Crippen LogP contribution in [0.15, 0.2) is 52.5 Å². The molecule has 33 heavy (non-hydrogen) atoms. The molecule has 0 N–H and O–H groups in total. The van der Waals surface area contributed by atoms with Crippen molar-refractivity contribution in [3.63, 3.8) is 0 Å². The molecule has 5 aromatic rings. The van der Waals surface area contributed by atoms with E-state index in [1.807, 2.05) is 17.6 Å². The zero-order valence-corrected chi connectivity index (χ0v) is 21.2. The van der Waals surface area contributed by atoms with E-state index in [4.69, 9.17) is 4.42 Å². The van der Waals surface area contributed by atoms with Gasteiger partial charge in [-0.05, 0) is 57.5 Å². The first-order valence-corrected chi connectivity index (χ1v) is 13.8. The minimum atomic E-state index is 0.780. The number of furan rings is 1. The van der Waals surface area contributed by atoms with Gasteiger partial charge < -0.3 is 4.42 Å². The summed E-state index contributed by atoms with van der Waals surface area (Å²) >= 11 is 1.94. The molecule has 0 saturated carbocycles. The Bertz CT molecular complexity index is 1380. The first kappa shape index (κ1) is 22.5. The molecule has 0 aliphatic carbocycles. The number of unbranched alkanes of at least 4 members (excludes halogenated alkanes) is 4. The van der Waals surface area contributed by atoms with Crippen LogP contribution in [-0.2, 0) is 12.8 Å². The number of aryl methyl sites for hydroxylation is 2. The predicted octanol–water partition coefficient (Wildman–Crippen LogP) is 10.4. The van der Waals surface area contributed by atoms with Crippen molar-refractivity contribution in [1.29, 1.82) is 0 Å². The fraction of sp³-hybridized carbons (Fsp3) is 0.419. The van der Waals surface area contributed by atoms with E-state index >= 15 is 0 Å². The van der Waals surface area contributed by atoms with Gasteiger partial charge >= 0.3 is 0 Å². The van der Waals surface area contributed by atoms with Crippen LogP contribution in [0.5, 0.6) is 0 Å². The largest absolute Gasteiger partial charge is 0.468 e. The number of fused-ring (bicyclic) bond motifs is 7. The monoisotopic (exact) mass is 456 g/mol. The Balaban J connectivity index is 1.48. The molecule has 0 saturated heterocycles. The van der Waals surface area contributed by atoms with Gasteiger partial charge in [-0.15, -0.1) is 11.3 Å². The van der Waals surface area contributed by atoms with Crippen LogP contribution in [0.4, 0.5) is 0 Å². The lowest BCUT2D eigenvalue weighted by atomic mass is 9.95.